The van der Waals surface area contributed by atoms with Gasteiger partial charge in [-0.2, -0.15) is 0 Å². The Balaban J connectivity index is 2.78. The van der Waals surface area contributed by atoms with Crippen molar-refractivity contribution in [2.24, 2.45) is 0 Å². The van der Waals surface area contributed by atoms with Gasteiger partial charge in [0.1, 0.15) is 0 Å². The Morgan fingerprint density at radius 2 is 2.42 bits per heavy atom. The standard InChI is InChI=1S/C9H8ClNO/c10-5-2-1-3-8-4-6-11-9(12)7-8/h4,6-7H,2,5H2,(H,11,12). The lowest BCUT2D eigenvalue weighted by atomic mass is 10.2. The fourth-order valence-electron chi connectivity index (χ4n) is 0.734. The molecule has 0 amide bonds. The van der Waals surface area contributed by atoms with Crippen LogP contribution in [0.2, 0.25) is 0 Å². The van der Waals surface area contributed by atoms with Gasteiger partial charge in [-0.3, -0.25) is 4.79 Å². The van der Waals surface area contributed by atoms with Crippen molar-refractivity contribution in [3.8, 4) is 11.8 Å². The summed E-state index contributed by atoms with van der Waals surface area (Å²) >= 11 is 5.43. The number of rotatable bonds is 1. The number of halogens is 1. The predicted molar refractivity (Wildman–Crippen MR) is 49.3 cm³/mol. The first-order valence-corrected chi connectivity index (χ1v) is 4.10. The maximum absolute atomic E-state index is 10.8. The minimum absolute atomic E-state index is 0.132. The molecule has 1 N–H and O–H groups in total. The minimum atomic E-state index is -0.132. The van der Waals surface area contributed by atoms with E-state index >= 15 is 0 Å². The van der Waals surface area contributed by atoms with Crippen molar-refractivity contribution >= 4 is 11.6 Å². The van der Waals surface area contributed by atoms with Gasteiger partial charge >= 0.3 is 0 Å². The van der Waals surface area contributed by atoms with Gasteiger partial charge in [0.05, 0.1) is 0 Å². The quantitative estimate of drug-likeness (QED) is 0.515. The predicted octanol–water partition coefficient (Wildman–Crippen LogP) is 1.36. The Morgan fingerprint density at radius 3 is 3.08 bits per heavy atom. The van der Waals surface area contributed by atoms with Crippen LogP contribution in [0.25, 0.3) is 0 Å². The maximum Gasteiger partial charge on any atom is 0.249 e. The van der Waals surface area contributed by atoms with E-state index in [2.05, 4.69) is 16.8 Å². The molecule has 0 radical (unpaired) electrons. The van der Waals surface area contributed by atoms with E-state index in [1.807, 2.05) is 0 Å². The smallest absolute Gasteiger partial charge is 0.249 e. The first-order valence-electron chi connectivity index (χ1n) is 3.56. The first-order chi connectivity index (χ1) is 5.83. The topological polar surface area (TPSA) is 32.9 Å². The SMILES string of the molecule is O=c1cc(C#CCCCl)cc[nH]1. The number of alkyl halides is 1. The highest BCUT2D eigenvalue weighted by Gasteiger charge is 1.85. The van der Waals surface area contributed by atoms with Crippen LogP contribution in [-0.2, 0) is 0 Å². The third-order valence-corrected chi connectivity index (χ3v) is 1.42. The van der Waals surface area contributed by atoms with Gasteiger partial charge in [-0.05, 0) is 6.07 Å². The summed E-state index contributed by atoms with van der Waals surface area (Å²) < 4.78 is 0. The van der Waals surface area contributed by atoms with Crippen molar-refractivity contribution in [2.45, 2.75) is 6.42 Å². The molecule has 0 aliphatic rings. The van der Waals surface area contributed by atoms with E-state index in [-0.39, 0.29) is 5.56 Å². The summed E-state index contributed by atoms with van der Waals surface area (Å²) in [6.07, 6.45) is 2.22. The average molecular weight is 182 g/mol. The van der Waals surface area contributed by atoms with Crippen LogP contribution >= 0.6 is 11.6 Å². The van der Waals surface area contributed by atoms with Gasteiger partial charge in [0.25, 0.3) is 0 Å². The molecule has 0 saturated heterocycles. The molecule has 0 spiro atoms. The fourth-order valence-corrected chi connectivity index (χ4v) is 0.829. The molecule has 0 atom stereocenters. The molecule has 0 aromatic carbocycles. The lowest BCUT2D eigenvalue weighted by Gasteiger charge is -1.85. The van der Waals surface area contributed by atoms with E-state index in [4.69, 9.17) is 11.6 Å². The maximum atomic E-state index is 10.8. The number of aromatic amines is 1. The molecule has 3 heteroatoms. The summed E-state index contributed by atoms with van der Waals surface area (Å²) in [4.78, 5) is 13.3. The van der Waals surface area contributed by atoms with Crippen LogP contribution in [0.3, 0.4) is 0 Å². The van der Waals surface area contributed by atoms with Crippen molar-refractivity contribution in [1.29, 1.82) is 0 Å². The Kier molecular flexibility index (Phi) is 3.43. The normalized spacial score (nSPS) is 8.75. The Labute approximate surface area is 75.6 Å². The van der Waals surface area contributed by atoms with Crippen LogP contribution in [-0.4, -0.2) is 10.9 Å². The second-order valence-corrected chi connectivity index (χ2v) is 2.56. The molecular formula is C9H8ClNO. The molecule has 62 valence electrons. The third kappa shape index (κ3) is 2.81. The molecule has 0 bridgehead atoms. The van der Waals surface area contributed by atoms with Crippen LogP contribution in [0.5, 0.6) is 0 Å². The zero-order valence-electron chi connectivity index (χ0n) is 6.43. The Morgan fingerprint density at radius 1 is 1.58 bits per heavy atom. The lowest BCUT2D eigenvalue weighted by molar-refractivity contribution is 1.23. The molecule has 1 aromatic rings. The number of pyridine rings is 1. The van der Waals surface area contributed by atoms with E-state index in [1.165, 1.54) is 6.07 Å². The second kappa shape index (κ2) is 4.63. The lowest BCUT2D eigenvalue weighted by Crippen LogP contribution is -2.02. The van der Waals surface area contributed by atoms with E-state index in [0.29, 0.717) is 12.3 Å². The monoisotopic (exact) mass is 181 g/mol. The molecule has 0 unspecified atom stereocenters. The molecule has 0 fully saturated rings. The van der Waals surface area contributed by atoms with Crippen molar-refractivity contribution in [3.63, 3.8) is 0 Å². The molecule has 1 aromatic heterocycles. The van der Waals surface area contributed by atoms with Crippen LogP contribution < -0.4 is 5.56 Å². The first kappa shape index (κ1) is 8.89. The number of H-pyrrole nitrogens is 1. The average Bonchev–Trinajstić information content (AvgIpc) is 2.05. The highest BCUT2D eigenvalue weighted by atomic mass is 35.5. The van der Waals surface area contributed by atoms with E-state index in [9.17, 15) is 4.79 Å². The van der Waals surface area contributed by atoms with Gasteiger partial charge in [0.2, 0.25) is 5.56 Å². The largest absolute Gasteiger partial charge is 0.329 e. The second-order valence-electron chi connectivity index (χ2n) is 2.18. The van der Waals surface area contributed by atoms with Gasteiger partial charge in [0, 0.05) is 30.1 Å². The molecule has 1 rings (SSSR count). The number of nitrogens with one attached hydrogen (secondary N) is 1. The Bertz CT molecular complexity index is 359. The zero-order valence-corrected chi connectivity index (χ0v) is 7.19. The molecular weight excluding hydrogens is 174 g/mol. The van der Waals surface area contributed by atoms with Gasteiger partial charge in [-0.1, -0.05) is 11.8 Å². The van der Waals surface area contributed by atoms with Crippen LogP contribution in [0.15, 0.2) is 23.1 Å². The summed E-state index contributed by atoms with van der Waals surface area (Å²) in [7, 11) is 0. The van der Waals surface area contributed by atoms with Crippen molar-refractivity contribution < 1.29 is 0 Å². The Hall–Kier alpha value is -1.20. The molecule has 12 heavy (non-hydrogen) atoms. The summed E-state index contributed by atoms with van der Waals surface area (Å²) in [6, 6.07) is 3.21. The van der Waals surface area contributed by atoms with Gasteiger partial charge in [-0.25, -0.2) is 0 Å². The van der Waals surface area contributed by atoms with E-state index in [1.54, 1.807) is 12.3 Å². The van der Waals surface area contributed by atoms with Gasteiger partial charge < -0.3 is 4.98 Å². The molecule has 2 nitrogen and oxygen atoms in total. The van der Waals surface area contributed by atoms with Crippen molar-refractivity contribution in [2.75, 3.05) is 5.88 Å². The molecule has 0 saturated carbocycles. The molecule has 0 aliphatic carbocycles. The summed E-state index contributed by atoms with van der Waals surface area (Å²) in [5, 5.41) is 0. The number of hydrogen-bond acceptors (Lipinski definition) is 1. The van der Waals surface area contributed by atoms with Gasteiger partial charge in [-0.15, -0.1) is 11.6 Å². The van der Waals surface area contributed by atoms with E-state index < -0.39 is 0 Å². The van der Waals surface area contributed by atoms with Gasteiger partial charge in [0.15, 0.2) is 0 Å². The van der Waals surface area contributed by atoms with Crippen molar-refractivity contribution in [3.05, 3.63) is 34.2 Å². The van der Waals surface area contributed by atoms with E-state index in [0.717, 1.165) is 5.56 Å². The fraction of sp³-hybridized carbons (Fsp3) is 0.222. The zero-order chi connectivity index (χ0) is 8.81. The summed E-state index contributed by atoms with van der Waals surface area (Å²) in [6.45, 7) is 0. The van der Waals surface area contributed by atoms with Crippen molar-refractivity contribution in [1.82, 2.24) is 4.98 Å². The van der Waals surface area contributed by atoms with Crippen LogP contribution in [0.4, 0.5) is 0 Å². The third-order valence-electron chi connectivity index (χ3n) is 1.23. The number of aromatic nitrogens is 1. The molecule has 1 heterocycles. The number of hydrogen-bond donors (Lipinski definition) is 1. The highest BCUT2D eigenvalue weighted by molar-refractivity contribution is 6.18. The highest BCUT2D eigenvalue weighted by Crippen LogP contribution is 1.89. The summed E-state index contributed by atoms with van der Waals surface area (Å²) in [5.74, 6) is 6.20. The van der Waals surface area contributed by atoms with Crippen LogP contribution in [0.1, 0.15) is 12.0 Å². The summed E-state index contributed by atoms with van der Waals surface area (Å²) in [5.41, 5.74) is 0.594. The molecule has 0 aliphatic heterocycles. The van der Waals surface area contributed by atoms with Crippen LogP contribution in [0, 0.1) is 11.8 Å². The minimum Gasteiger partial charge on any atom is -0.329 e.